The van der Waals surface area contributed by atoms with Gasteiger partial charge in [-0.1, -0.05) is 0 Å². The highest BCUT2D eigenvalue weighted by Gasteiger charge is 2.33. The van der Waals surface area contributed by atoms with E-state index in [4.69, 9.17) is 4.74 Å². The van der Waals surface area contributed by atoms with Crippen LogP contribution in [0.3, 0.4) is 0 Å². The first-order valence-corrected chi connectivity index (χ1v) is 6.31. The summed E-state index contributed by atoms with van der Waals surface area (Å²) in [6.45, 7) is 0. The van der Waals surface area contributed by atoms with Gasteiger partial charge >= 0.3 is 12.3 Å². The largest absolute Gasteiger partial charge is 0.573 e. The lowest BCUT2D eigenvalue weighted by molar-refractivity contribution is -0.274. The molecule has 0 fully saturated rings. The second kappa shape index (κ2) is 6.19. The first-order valence-electron chi connectivity index (χ1n) is 6.31. The maximum Gasteiger partial charge on any atom is 0.573 e. The second-order valence-corrected chi connectivity index (χ2v) is 4.44. The average Bonchev–Trinajstić information content (AvgIpc) is 2.87. The molecule has 23 heavy (non-hydrogen) atoms. The monoisotopic (exact) mass is 330 g/mol. The smallest absolute Gasteiger partial charge is 0.497 e. The molecule has 0 saturated heterocycles. The van der Waals surface area contributed by atoms with Crippen LogP contribution in [0.25, 0.3) is 11.3 Å². The first-order chi connectivity index (χ1) is 10.7. The van der Waals surface area contributed by atoms with E-state index in [9.17, 15) is 18.0 Å². The van der Waals surface area contributed by atoms with Crippen LogP contribution < -0.4 is 9.47 Å². The van der Waals surface area contributed by atoms with Gasteiger partial charge in [-0.15, -0.1) is 13.2 Å². The zero-order valence-corrected chi connectivity index (χ0v) is 12.5. The number of carbonyl (C=O) groups is 1. The maximum absolute atomic E-state index is 12.6. The van der Waals surface area contributed by atoms with E-state index in [1.54, 1.807) is 0 Å². The van der Waals surface area contributed by atoms with E-state index in [2.05, 4.69) is 14.6 Å². The number of aromatic nitrogens is 2. The van der Waals surface area contributed by atoms with Gasteiger partial charge in [0.15, 0.2) is 5.69 Å². The zero-order valence-electron chi connectivity index (χ0n) is 12.5. The molecule has 6 nitrogen and oxygen atoms in total. The standard InChI is InChI=1S/C14H13F3N2O4/c1-19-11(7-10(18-19)13(20)22-3)9-6-8(21-2)4-5-12(9)23-14(15,16)17/h4-7H,1-3H3. The summed E-state index contributed by atoms with van der Waals surface area (Å²) in [5.74, 6) is -0.805. The van der Waals surface area contributed by atoms with Crippen molar-refractivity contribution in [2.45, 2.75) is 6.36 Å². The molecule has 9 heteroatoms. The summed E-state index contributed by atoms with van der Waals surface area (Å²) >= 11 is 0. The van der Waals surface area contributed by atoms with E-state index < -0.39 is 18.1 Å². The van der Waals surface area contributed by atoms with Crippen LogP contribution in [0.1, 0.15) is 10.5 Å². The molecule has 0 aliphatic carbocycles. The number of rotatable bonds is 4. The van der Waals surface area contributed by atoms with Crippen LogP contribution in [0.15, 0.2) is 24.3 Å². The average molecular weight is 330 g/mol. The fourth-order valence-corrected chi connectivity index (χ4v) is 1.97. The molecule has 0 saturated carbocycles. The van der Waals surface area contributed by atoms with Gasteiger partial charge in [0.05, 0.1) is 19.9 Å². The Bertz CT molecular complexity index is 725. The van der Waals surface area contributed by atoms with Crippen molar-refractivity contribution in [3.63, 3.8) is 0 Å². The summed E-state index contributed by atoms with van der Waals surface area (Å²) in [5.41, 5.74) is 0.279. The van der Waals surface area contributed by atoms with Crippen LogP contribution in [0.4, 0.5) is 13.2 Å². The Morgan fingerprint density at radius 2 is 1.91 bits per heavy atom. The number of alkyl halides is 3. The zero-order chi connectivity index (χ0) is 17.2. The van der Waals surface area contributed by atoms with Gasteiger partial charge in [0.1, 0.15) is 11.5 Å². The van der Waals surface area contributed by atoms with E-state index in [0.29, 0.717) is 5.75 Å². The number of esters is 1. The van der Waals surface area contributed by atoms with Crippen molar-refractivity contribution in [3.05, 3.63) is 30.0 Å². The van der Waals surface area contributed by atoms with Crippen molar-refractivity contribution in [2.24, 2.45) is 7.05 Å². The van der Waals surface area contributed by atoms with Gasteiger partial charge in [-0.2, -0.15) is 5.10 Å². The number of hydrogen-bond donors (Lipinski definition) is 0. The van der Waals surface area contributed by atoms with E-state index in [0.717, 1.165) is 6.07 Å². The number of ether oxygens (including phenoxy) is 3. The van der Waals surface area contributed by atoms with E-state index in [1.165, 1.54) is 44.1 Å². The summed E-state index contributed by atoms with van der Waals surface area (Å²) in [7, 11) is 4.05. The molecule has 0 aliphatic rings. The third-order valence-electron chi connectivity index (χ3n) is 2.96. The number of nitrogens with zero attached hydrogens (tertiary/aromatic N) is 2. The fourth-order valence-electron chi connectivity index (χ4n) is 1.97. The highest BCUT2D eigenvalue weighted by atomic mass is 19.4. The topological polar surface area (TPSA) is 62.6 Å². The molecule has 0 N–H and O–H groups in total. The molecule has 0 bridgehead atoms. The Kier molecular flexibility index (Phi) is 4.48. The highest BCUT2D eigenvalue weighted by Crippen LogP contribution is 2.36. The molecule has 1 aromatic heterocycles. The first kappa shape index (κ1) is 16.7. The molecule has 124 valence electrons. The van der Waals surface area contributed by atoms with Crippen LogP contribution in [0.5, 0.6) is 11.5 Å². The van der Waals surface area contributed by atoms with E-state index in [-0.39, 0.29) is 17.0 Å². The maximum atomic E-state index is 12.6. The van der Waals surface area contributed by atoms with E-state index >= 15 is 0 Å². The molecule has 0 spiro atoms. The fraction of sp³-hybridized carbons (Fsp3) is 0.286. The van der Waals surface area contributed by atoms with Gasteiger partial charge in [0.25, 0.3) is 0 Å². The highest BCUT2D eigenvalue weighted by molar-refractivity contribution is 5.89. The van der Waals surface area contributed by atoms with Crippen molar-refractivity contribution in [1.82, 2.24) is 9.78 Å². The van der Waals surface area contributed by atoms with Gasteiger partial charge in [-0.25, -0.2) is 4.79 Å². The third kappa shape index (κ3) is 3.74. The number of aryl methyl sites for hydroxylation is 1. The van der Waals surface area contributed by atoms with Crippen LogP contribution in [-0.4, -0.2) is 36.3 Å². The minimum atomic E-state index is -4.85. The summed E-state index contributed by atoms with van der Waals surface area (Å²) in [4.78, 5) is 11.5. The molecular weight excluding hydrogens is 317 g/mol. The number of methoxy groups -OCH3 is 2. The van der Waals surface area contributed by atoms with Crippen LogP contribution in [0.2, 0.25) is 0 Å². The summed E-state index contributed by atoms with van der Waals surface area (Å²) < 4.78 is 52.5. The number of halogens is 3. The molecule has 0 atom stereocenters. The Morgan fingerprint density at radius 1 is 1.22 bits per heavy atom. The van der Waals surface area contributed by atoms with Crippen LogP contribution in [-0.2, 0) is 11.8 Å². The van der Waals surface area contributed by atoms with Crippen molar-refractivity contribution >= 4 is 5.97 Å². The SMILES string of the molecule is COC(=O)c1cc(-c2cc(OC)ccc2OC(F)(F)F)n(C)n1. The summed E-state index contributed by atoms with van der Waals surface area (Å²) in [6.07, 6.45) is -4.85. The quantitative estimate of drug-likeness (QED) is 0.807. The summed E-state index contributed by atoms with van der Waals surface area (Å²) in [5, 5.41) is 3.92. The van der Waals surface area contributed by atoms with Gasteiger partial charge in [-0.3, -0.25) is 4.68 Å². The lowest BCUT2D eigenvalue weighted by atomic mass is 10.1. The minimum Gasteiger partial charge on any atom is -0.497 e. The van der Waals surface area contributed by atoms with Gasteiger partial charge in [-0.05, 0) is 24.3 Å². The van der Waals surface area contributed by atoms with Gasteiger partial charge < -0.3 is 14.2 Å². The number of carbonyl (C=O) groups excluding carboxylic acids is 1. The molecule has 2 rings (SSSR count). The predicted octanol–water partition coefficient (Wildman–Crippen LogP) is 2.78. The predicted molar refractivity (Wildman–Crippen MR) is 73.2 cm³/mol. The minimum absolute atomic E-state index is 0.0363. The van der Waals surface area contributed by atoms with Crippen molar-refractivity contribution < 1.29 is 32.2 Å². The molecule has 1 aromatic carbocycles. The molecule has 0 amide bonds. The molecule has 0 unspecified atom stereocenters. The Labute approximate surface area is 129 Å². The van der Waals surface area contributed by atoms with Crippen molar-refractivity contribution in [1.29, 1.82) is 0 Å². The van der Waals surface area contributed by atoms with Gasteiger partial charge in [0.2, 0.25) is 0 Å². The normalized spacial score (nSPS) is 11.2. The Morgan fingerprint density at radius 3 is 2.48 bits per heavy atom. The van der Waals surface area contributed by atoms with Crippen molar-refractivity contribution in [2.75, 3.05) is 14.2 Å². The third-order valence-corrected chi connectivity index (χ3v) is 2.96. The Hall–Kier alpha value is -2.71. The lowest BCUT2D eigenvalue weighted by Crippen LogP contribution is -2.17. The van der Waals surface area contributed by atoms with Gasteiger partial charge in [0, 0.05) is 12.6 Å². The Balaban J connectivity index is 2.56. The molecular formula is C14H13F3N2O4. The number of hydrogen-bond acceptors (Lipinski definition) is 5. The van der Waals surface area contributed by atoms with Crippen LogP contribution in [0, 0.1) is 0 Å². The molecule has 1 heterocycles. The molecule has 0 radical (unpaired) electrons. The second-order valence-electron chi connectivity index (χ2n) is 4.44. The van der Waals surface area contributed by atoms with E-state index in [1.807, 2.05) is 0 Å². The molecule has 2 aromatic rings. The van der Waals surface area contributed by atoms with Crippen molar-refractivity contribution in [3.8, 4) is 22.8 Å². The lowest BCUT2D eigenvalue weighted by Gasteiger charge is -2.14. The number of benzene rings is 1. The molecule has 0 aliphatic heterocycles. The van der Waals surface area contributed by atoms with Crippen LogP contribution >= 0.6 is 0 Å². The summed E-state index contributed by atoms with van der Waals surface area (Å²) in [6, 6.07) is 5.14.